The van der Waals surface area contributed by atoms with Crippen molar-refractivity contribution in [3.8, 4) is 0 Å². The van der Waals surface area contributed by atoms with E-state index in [4.69, 9.17) is 0 Å². The zero-order valence-corrected chi connectivity index (χ0v) is 13.0. The third kappa shape index (κ3) is 4.15. The number of hydrogen-bond acceptors (Lipinski definition) is 5. The number of nitrogens with zero attached hydrogens (tertiary/aromatic N) is 2. The second kappa shape index (κ2) is 7.06. The molecule has 0 N–H and O–H groups in total. The number of anilines is 1. The highest BCUT2D eigenvalue weighted by molar-refractivity contribution is 5.69. The fraction of sp³-hybridized carbons (Fsp3) is 0.533. The molecule has 0 aliphatic carbocycles. The van der Waals surface area contributed by atoms with Crippen LogP contribution in [0.3, 0.4) is 0 Å². The molecule has 1 aliphatic heterocycles. The van der Waals surface area contributed by atoms with E-state index in [2.05, 4.69) is 4.74 Å². The minimum Gasteiger partial charge on any atom is -0.469 e. The number of rotatable bonds is 4. The van der Waals surface area contributed by atoms with Gasteiger partial charge in [0.25, 0.3) is 5.69 Å². The van der Waals surface area contributed by atoms with Gasteiger partial charge >= 0.3 is 12.1 Å². The molecule has 9 heteroatoms. The molecular weight excluding hydrogens is 329 g/mol. The highest BCUT2D eigenvalue weighted by Gasteiger charge is 2.37. The van der Waals surface area contributed by atoms with Gasteiger partial charge in [0.15, 0.2) is 0 Å². The molecule has 0 aromatic heterocycles. The van der Waals surface area contributed by atoms with Crippen molar-refractivity contribution in [3.63, 3.8) is 0 Å². The average Bonchev–Trinajstić information content (AvgIpc) is 2.54. The molecule has 1 aliphatic rings. The number of benzene rings is 1. The second-order valence-corrected chi connectivity index (χ2v) is 5.67. The summed E-state index contributed by atoms with van der Waals surface area (Å²) in [5.41, 5.74) is -1.67. The van der Waals surface area contributed by atoms with E-state index in [1.165, 1.54) is 7.11 Å². The minimum atomic E-state index is -4.68. The van der Waals surface area contributed by atoms with Crippen molar-refractivity contribution in [3.05, 3.63) is 33.9 Å². The third-order valence-electron chi connectivity index (χ3n) is 4.13. The summed E-state index contributed by atoms with van der Waals surface area (Å²) in [6.07, 6.45) is -3.31. The zero-order chi connectivity index (χ0) is 17.9. The van der Waals surface area contributed by atoms with Gasteiger partial charge in [-0.25, -0.2) is 0 Å². The molecule has 0 amide bonds. The fourth-order valence-corrected chi connectivity index (χ4v) is 2.84. The number of carbonyl (C=O) groups is 1. The molecule has 132 valence electrons. The molecule has 0 saturated carbocycles. The quantitative estimate of drug-likeness (QED) is 0.475. The Kier molecular flexibility index (Phi) is 5.30. The van der Waals surface area contributed by atoms with Gasteiger partial charge in [-0.1, -0.05) is 0 Å². The molecule has 2 rings (SSSR count). The first kappa shape index (κ1) is 18.0. The smallest absolute Gasteiger partial charge is 0.418 e. The molecule has 1 heterocycles. The Morgan fingerprint density at radius 2 is 2.00 bits per heavy atom. The zero-order valence-electron chi connectivity index (χ0n) is 13.0. The van der Waals surface area contributed by atoms with Crippen molar-refractivity contribution in [1.29, 1.82) is 0 Å². The summed E-state index contributed by atoms with van der Waals surface area (Å²) in [5.74, 6) is -0.263. The molecular formula is C15H17F3N2O4. The van der Waals surface area contributed by atoms with Crippen LogP contribution in [0.15, 0.2) is 18.2 Å². The summed E-state index contributed by atoms with van der Waals surface area (Å²) in [4.78, 5) is 22.7. The number of alkyl halides is 3. The van der Waals surface area contributed by atoms with Gasteiger partial charge in [0.1, 0.15) is 0 Å². The van der Waals surface area contributed by atoms with Crippen LogP contribution in [0.5, 0.6) is 0 Å². The van der Waals surface area contributed by atoms with Crippen LogP contribution in [0.4, 0.5) is 24.5 Å². The second-order valence-electron chi connectivity index (χ2n) is 5.67. The molecule has 1 aromatic carbocycles. The molecule has 0 atom stereocenters. The van der Waals surface area contributed by atoms with E-state index >= 15 is 0 Å². The minimum absolute atomic E-state index is 0.0652. The van der Waals surface area contributed by atoms with Gasteiger partial charge < -0.3 is 9.64 Å². The lowest BCUT2D eigenvalue weighted by molar-refractivity contribution is -0.385. The Bertz CT molecular complexity index is 626. The standard InChI is InChI=1S/C15H17F3N2O4/c1-24-14(21)8-10-4-6-19(7-5-10)13-3-2-11(20(22)23)9-12(13)15(16,17)18/h2-3,9-10H,4-8H2,1H3. The van der Waals surface area contributed by atoms with E-state index < -0.39 is 22.4 Å². The lowest BCUT2D eigenvalue weighted by Crippen LogP contribution is -2.35. The molecule has 24 heavy (non-hydrogen) atoms. The van der Waals surface area contributed by atoms with E-state index in [1.807, 2.05) is 0 Å². The van der Waals surface area contributed by atoms with Crippen molar-refractivity contribution in [1.82, 2.24) is 0 Å². The number of ether oxygens (including phenoxy) is 1. The van der Waals surface area contributed by atoms with E-state index in [1.54, 1.807) is 4.90 Å². The van der Waals surface area contributed by atoms with E-state index in [9.17, 15) is 28.1 Å². The summed E-state index contributed by atoms with van der Waals surface area (Å²) < 4.78 is 44.3. The number of esters is 1. The number of halogens is 3. The van der Waals surface area contributed by atoms with Gasteiger partial charge in [-0.15, -0.1) is 0 Å². The van der Waals surface area contributed by atoms with Crippen LogP contribution in [0, 0.1) is 16.0 Å². The van der Waals surface area contributed by atoms with Gasteiger partial charge in [0.05, 0.1) is 17.6 Å². The number of methoxy groups -OCH3 is 1. The first-order chi connectivity index (χ1) is 11.2. The maximum Gasteiger partial charge on any atom is 0.418 e. The topological polar surface area (TPSA) is 72.7 Å². The Hall–Kier alpha value is -2.32. The number of hydrogen-bond donors (Lipinski definition) is 0. The number of piperidine rings is 1. The largest absolute Gasteiger partial charge is 0.469 e. The number of non-ortho nitro benzene ring substituents is 1. The molecule has 1 fully saturated rings. The Morgan fingerprint density at radius 3 is 2.50 bits per heavy atom. The van der Waals surface area contributed by atoms with Crippen LogP contribution in [0.25, 0.3) is 0 Å². The van der Waals surface area contributed by atoms with Crippen LogP contribution >= 0.6 is 0 Å². The van der Waals surface area contributed by atoms with Crippen LogP contribution in [0.1, 0.15) is 24.8 Å². The summed E-state index contributed by atoms with van der Waals surface area (Å²) in [6.45, 7) is 0.700. The summed E-state index contributed by atoms with van der Waals surface area (Å²) in [7, 11) is 1.30. The lowest BCUT2D eigenvalue weighted by Gasteiger charge is -2.34. The molecule has 1 aromatic rings. The first-order valence-corrected chi connectivity index (χ1v) is 7.39. The van der Waals surface area contributed by atoms with Gasteiger partial charge in [0, 0.05) is 37.3 Å². The van der Waals surface area contributed by atoms with Gasteiger partial charge in [-0.3, -0.25) is 14.9 Å². The van der Waals surface area contributed by atoms with Crippen molar-refractivity contribution in [2.45, 2.75) is 25.4 Å². The van der Waals surface area contributed by atoms with Crippen molar-refractivity contribution in [2.24, 2.45) is 5.92 Å². The monoisotopic (exact) mass is 346 g/mol. The highest BCUT2D eigenvalue weighted by atomic mass is 19.4. The first-order valence-electron chi connectivity index (χ1n) is 7.39. The van der Waals surface area contributed by atoms with Crippen LogP contribution < -0.4 is 4.90 Å². The van der Waals surface area contributed by atoms with Gasteiger partial charge in [0.2, 0.25) is 0 Å². The number of carbonyl (C=O) groups excluding carboxylic acids is 1. The summed E-state index contributed by atoms with van der Waals surface area (Å²) >= 11 is 0. The average molecular weight is 346 g/mol. The maximum atomic E-state index is 13.2. The Morgan fingerprint density at radius 1 is 1.38 bits per heavy atom. The molecule has 6 nitrogen and oxygen atoms in total. The van der Waals surface area contributed by atoms with E-state index in [-0.39, 0.29) is 24.0 Å². The van der Waals surface area contributed by atoms with Crippen molar-refractivity contribution >= 4 is 17.3 Å². The van der Waals surface area contributed by atoms with Crippen molar-refractivity contribution in [2.75, 3.05) is 25.1 Å². The van der Waals surface area contributed by atoms with Crippen LogP contribution in [-0.2, 0) is 15.7 Å². The Balaban J connectivity index is 2.18. The summed E-state index contributed by atoms with van der Waals surface area (Å²) in [6, 6.07) is 2.78. The van der Waals surface area contributed by atoms with Crippen LogP contribution in [-0.4, -0.2) is 31.1 Å². The van der Waals surface area contributed by atoms with E-state index in [0.717, 1.165) is 12.1 Å². The normalized spacial score (nSPS) is 16.1. The number of nitro groups is 1. The van der Waals surface area contributed by atoms with E-state index in [0.29, 0.717) is 32.0 Å². The summed E-state index contributed by atoms with van der Waals surface area (Å²) in [5, 5.41) is 10.7. The van der Waals surface area contributed by atoms with Gasteiger partial charge in [-0.2, -0.15) is 13.2 Å². The molecule has 0 unspecified atom stereocenters. The SMILES string of the molecule is COC(=O)CC1CCN(c2ccc([N+](=O)[O-])cc2C(F)(F)F)CC1. The lowest BCUT2D eigenvalue weighted by atomic mass is 9.93. The van der Waals surface area contributed by atoms with Crippen molar-refractivity contribution < 1.29 is 27.6 Å². The molecule has 0 spiro atoms. The predicted molar refractivity (Wildman–Crippen MR) is 79.7 cm³/mol. The third-order valence-corrected chi connectivity index (χ3v) is 4.13. The highest BCUT2D eigenvalue weighted by Crippen LogP contribution is 2.40. The van der Waals surface area contributed by atoms with Gasteiger partial charge in [-0.05, 0) is 24.8 Å². The maximum absolute atomic E-state index is 13.2. The number of nitro benzene ring substituents is 1. The molecule has 0 radical (unpaired) electrons. The Labute approximate surface area is 136 Å². The predicted octanol–water partition coefficient (Wildman–Crippen LogP) is 3.39. The molecule has 1 saturated heterocycles. The molecule has 0 bridgehead atoms. The fourth-order valence-electron chi connectivity index (χ4n) is 2.84. The van der Waals surface area contributed by atoms with Crippen LogP contribution in [0.2, 0.25) is 0 Å².